The molecule has 1 aliphatic heterocycles. The van der Waals surface area contributed by atoms with Crippen molar-refractivity contribution in [1.29, 1.82) is 0 Å². The zero-order valence-corrected chi connectivity index (χ0v) is 9.01. The SMILES string of the molecule is Cc1ccc2c(c1)Sc1nccnc1N2. The molecule has 0 amide bonds. The molecule has 2 heterocycles. The number of rotatable bonds is 0. The van der Waals surface area contributed by atoms with Crippen LogP contribution in [0.2, 0.25) is 0 Å². The summed E-state index contributed by atoms with van der Waals surface area (Å²) in [5.41, 5.74) is 2.37. The van der Waals surface area contributed by atoms with Crippen LogP contribution < -0.4 is 5.32 Å². The molecule has 0 radical (unpaired) electrons. The molecule has 15 heavy (non-hydrogen) atoms. The normalized spacial score (nSPS) is 12.6. The quantitative estimate of drug-likeness (QED) is 0.625. The summed E-state index contributed by atoms with van der Waals surface area (Å²) >= 11 is 1.66. The van der Waals surface area contributed by atoms with Gasteiger partial charge >= 0.3 is 0 Å². The van der Waals surface area contributed by atoms with Crippen molar-refractivity contribution in [1.82, 2.24) is 9.97 Å². The van der Waals surface area contributed by atoms with Crippen molar-refractivity contribution in [2.45, 2.75) is 16.8 Å². The van der Waals surface area contributed by atoms with E-state index in [-0.39, 0.29) is 0 Å². The van der Waals surface area contributed by atoms with Gasteiger partial charge in [-0.1, -0.05) is 17.8 Å². The Balaban J connectivity index is 2.11. The van der Waals surface area contributed by atoms with Crippen molar-refractivity contribution in [3.05, 3.63) is 36.2 Å². The van der Waals surface area contributed by atoms with E-state index in [0.717, 1.165) is 16.5 Å². The number of fused-ring (bicyclic) bond motifs is 2. The van der Waals surface area contributed by atoms with E-state index in [1.54, 1.807) is 24.2 Å². The lowest BCUT2D eigenvalue weighted by Gasteiger charge is -2.18. The van der Waals surface area contributed by atoms with E-state index in [0.29, 0.717) is 0 Å². The predicted molar refractivity (Wildman–Crippen MR) is 60.6 cm³/mol. The summed E-state index contributed by atoms with van der Waals surface area (Å²) in [5, 5.41) is 4.21. The van der Waals surface area contributed by atoms with Gasteiger partial charge in [-0.05, 0) is 24.6 Å². The Morgan fingerprint density at radius 2 is 2.07 bits per heavy atom. The number of nitrogens with zero attached hydrogens (tertiary/aromatic N) is 2. The van der Waals surface area contributed by atoms with Crippen molar-refractivity contribution in [3.8, 4) is 0 Å². The monoisotopic (exact) mass is 215 g/mol. The average molecular weight is 215 g/mol. The van der Waals surface area contributed by atoms with E-state index < -0.39 is 0 Å². The van der Waals surface area contributed by atoms with Crippen molar-refractivity contribution in [2.75, 3.05) is 5.32 Å². The summed E-state index contributed by atoms with van der Waals surface area (Å²) in [4.78, 5) is 9.74. The largest absolute Gasteiger partial charge is 0.337 e. The molecule has 74 valence electrons. The van der Waals surface area contributed by atoms with Crippen LogP contribution in [0.3, 0.4) is 0 Å². The lowest BCUT2D eigenvalue weighted by atomic mass is 10.2. The van der Waals surface area contributed by atoms with Crippen LogP contribution in [0.15, 0.2) is 40.5 Å². The summed E-state index contributed by atoms with van der Waals surface area (Å²) in [6, 6.07) is 6.33. The fraction of sp³-hybridized carbons (Fsp3) is 0.0909. The van der Waals surface area contributed by atoms with Gasteiger partial charge in [-0.25, -0.2) is 9.97 Å². The minimum Gasteiger partial charge on any atom is -0.337 e. The molecule has 0 saturated carbocycles. The first-order valence-corrected chi connectivity index (χ1v) is 5.51. The molecule has 0 atom stereocenters. The highest BCUT2D eigenvalue weighted by atomic mass is 32.2. The molecule has 0 fully saturated rings. The maximum absolute atomic E-state index is 4.29. The molecule has 0 bridgehead atoms. The van der Waals surface area contributed by atoms with Crippen LogP contribution in [0.25, 0.3) is 0 Å². The molecule has 0 spiro atoms. The molecule has 1 aliphatic rings. The number of hydrogen-bond acceptors (Lipinski definition) is 4. The minimum atomic E-state index is 0.846. The number of benzene rings is 1. The van der Waals surface area contributed by atoms with Crippen molar-refractivity contribution >= 4 is 23.3 Å². The Morgan fingerprint density at radius 3 is 3.00 bits per heavy atom. The lowest BCUT2D eigenvalue weighted by molar-refractivity contribution is 1.05. The molecule has 1 N–H and O–H groups in total. The third-order valence-electron chi connectivity index (χ3n) is 2.26. The maximum atomic E-state index is 4.29. The van der Waals surface area contributed by atoms with Gasteiger partial charge in [0.25, 0.3) is 0 Å². The van der Waals surface area contributed by atoms with Crippen LogP contribution >= 0.6 is 11.8 Å². The van der Waals surface area contributed by atoms with Crippen LogP contribution in [0.5, 0.6) is 0 Å². The summed E-state index contributed by atoms with van der Waals surface area (Å²) in [5.74, 6) is 0.846. The van der Waals surface area contributed by atoms with E-state index in [1.165, 1.54) is 10.5 Å². The summed E-state index contributed by atoms with van der Waals surface area (Å²) in [6.07, 6.45) is 3.42. The fourth-order valence-electron chi connectivity index (χ4n) is 1.53. The Morgan fingerprint density at radius 1 is 1.20 bits per heavy atom. The Kier molecular flexibility index (Phi) is 1.89. The standard InChI is InChI=1S/C11H9N3S/c1-7-2-3-8-9(6-7)15-11-10(14-8)12-4-5-13-11/h2-6H,1H3,(H,12,14). The average Bonchev–Trinajstić information content (AvgIpc) is 2.26. The second-order valence-electron chi connectivity index (χ2n) is 3.44. The molecule has 0 unspecified atom stereocenters. The van der Waals surface area contributed by atoms with Crippen molar-refractivity contribution in [3.63, 3.8) is 0 Å². The van der Waals surface area contributed by atoms with E-state index >= 15 is 0 Å². The molecule has 3 rings (SSSR count). The van der Waals surface area contributed by atoms with Gasteiger partial charge in [0.2, 0.25) is 0 Å². The van der Waals surface area contributed by atoms with E-state index in [2.05, 4.69) is 40.4 Å². The Labute approximate surface area is 92.0 Å². The van der Waals surface area contributed by atoms with E-state index in [4.69, 9.17) is 0 Å². The van der Waals surface area contributed by atoms with Gasteiger partial charge in [0.1, 0.15) is 5.03 Å². The van der Waals surface area contributed by atoms with Crippen molar-refractivity contribution < 1.29 is 0 Å². The van der Waals surface area contributed by atoms with Crippen LogP contribution in [0.1, 0.15) is 5.56 Å². The molecule has 1 aromatic carbocycles. The van der Waals surface area contributed by atoms with Gasteiger partial charge in [0.15, 0.2) is 5.82 Å². The van der Waals surface area contributed by atoms with Crippen LogP contribution in [0, 0.1) is 6.92 Å². The van der Waals surface area contributed by atoms with Crippen LogP contribution in [-0.4, -0.2) is 9.97 Å². The molecule has 1 aromatic heterocycles. The lowest BCUT2D eigenvalue weighted by Crippen LogP contribution is -2.03. The topological polar surface area (TPSA) is 37.8 Å². The van der Waals surface area contributed by atoms with Gasteiger partial charge in [-0.2, -0.15) is 0 Å². The number of aryl methyl sites for hydroxylation is 1. The predicted octanol–water partition coefficient (Wildman–Crippen LogP) is 2.99. The Hall–Kier alpha value is -1.55. The molecule has 3 nitrogen and oxygen atoms in total. The highest BCUT2D eigenvalue weighted by molar-refractivity contribution is 7.99. The number of nitrogens with one attached hydrogen (secondary N) is 1. The van der Waals surface area contributed by atoms with Gasteiger partial charge in [0, 0.05) is 17.3 Å². The molecular weight excluding hydrogens is 206 g/mol. The van der Waals surface area contributed by atoms with Gasteiger partial charge in [-0.15, -0.1) is 0 Å². The molecule has 4 heteroatoms. The summed E-state index contributed by atoms with van der Waals surface area (Å²) < 4.78 is 0. The first kappa shape index (κ1) is 8.73. The summed E-state index contributed by atoms with van der Waals surface area (Å²) in [6.45, 7) is 2.09. The highest BCUT2D eigenvalue weighted by Gasteiger charge is 2.16. The zero-order valence-electron chi connectivity index (χ0n) is 8.19. The fourth-order valence-corrected chi connectivity index (χ4v) is 2.53. The number of anilines is 2. The smallest absolute Gasteiger partial charge is 0.163 e. The Bertz CT molecular complexity index is 525. The number of aromatic nitrogens is 2. The van der Waals surface area contributed by atoms with E-state index in [1.807, 2.05) is 0 Å². The molecular formula is C11H9N3S. The summed E-state index contributed by atoms with van der Waals surface area (Å²) in [7, 11) is 0. The molecule has 0 aliphatic carbocycles. The maximum Gasteiger partial charge on any atom is 0.163 e. The third kappa shape index (κ3) is 1.47. The van der Waals surface area contributed by atoms with Gasteiger partial charge in [-0.3, -0.25) is 0 Å². The first-order valence-electron chi connectivity index (χ1n) is 4.69. The second kappa shape index (κ2) is 3.24. The highest BCUT2D eigenvalue weighted by Crippen LogP contribution is 2.41. The minimum absolute atomic E-state index is 0.846. The van der Waals surface area contributed by atoms with Gasteiger partial charge in [0.05, 0.1) is 5.69 Å². The number of hydrogen-bond donors (Lipinski definition) is 1. The second-order valence-corrected chi connectivity index (χ2v) is 4.47. The van der Waals surface area contributed by atoms with Crippen LogP contribution in [-0.2, 0) is 0 Å². The third-order valence-corrected chi connectivity index (χ3v) is 3.31. The molecule has 0 saturated heterocycles. The first-order chi connectivity index (χ1) is 7.33. The van der Waals surface area contributed by atoms with E-state index in [9.17, 15) is 0 Å². The van der Waals surface area contributed by atoms with Crippen LogP contribution in [0.4, 0.5) is 11.5 Å². The van der Waals surface area contributed by atoms with Crippen molar-refractivity contribution in [2.24, 2.45) is 0 Å². The zero-order chi connectivity index (χ0) is 10.3. The molecule has 2 aromatic rings. The van der Waals surface area contributed by atoms with Gasteiger partial charge < -0.3 is 5.32 Å².